The minimum atomic E-state index is -0.249. The van der Waals surface area contributed by atoms with Gasteiger partial charge in [-0.3, -0.25) is 9.59 Å². The SMILES string of the molecule is Nc1ccccc1.O=C(Nc1ccccc1N1CCCCC1)c1ccc(Br)o1.O=C(Nc1ccccc1N1CCCCC1)c1ccc(Nc2ccccc2)o1. The molecule has 6 aromatic rings. The number of hydrogen-bond acceptors (Lipinski definition) is 8. The summed E-state index contributed by atoms with van der Waals surface area (Å²) in [6.07, 6.45) is 7.34. The number of piperidine rings is 2. The molecule has 2 saturated heterocycles. The second-order valence-corrected chi connectivity index (χ2v) is 14.0. The molecule has 11 heteroatoms. The molecule has 284 valence electrons. The summed E-state index contributed by atoms with van der Waals surface area (Å²) >= 11 is 3.21. The minimum Gasteiger partial charge on any atom is -0.444 e. The zero-order chi connectivity index (χ0) is 38.2. The Morgan fingerprint density at radius 2 is 0.982 bits per heavy atom. The zero-order valence-electron chi connectivity index (χ0n) is 30.8. The van der Waals surface area contributed by atoms with Crippen molar-refractivity contribution in [2.45, 2.75) is 38.5 Å². The Balaban J connectivity index is 0.000000162. The molecule has 2 aliphatic rings. The Bertz CT molecular complexity index is 2090. The maximum absolute atomic E-state index is 12.7. The highest BCUT2D eigenvalue weighted by Crippen LogP contribution is 2.30. The van der Waals surface area contributed by atoms with E-state index in [1.54, 1.807) is 24.3 Å². The number of carbonyl (C=O) groups excluding carboxylic acids is 2. The summed E-state index contributed by atoms with van der Waals surface area (Å²) in [7, 11) is 0. The number of nitrogens with two attached hydrogens (primary N) is 1. The summed E-state index contributed by atoms with van der Waals surface area (Å²) in [5.74, 6) is 0.638. The average molecular weight is 804 g/mol. The van der Waals surface area contributed by atoms with Crippen molar-refractivity contribution in [2.75, 3.05) is 57.7 Å². The van der Waals surface area contributed by atoms with Crippen LogP contribution in [0.4, 0.5) is 40.0 Å². The van der Waals surface area contributed by atoms with Gasteiger partial charge in [-0.15, -0.1) is 0 Å². The van der Waals surface area contributed by atoms with Crippen LogP contribution >= 0.6 is 15.9 Å². The maximum atomic E-state index is 12.7. The molecule has 4 aromatic carbocycles. The van der Waals surface area contributed by atoms with Gasteiger partial charge in [-0.1, -0.05) is 60.7 Å². The molecule has 0 radical (unpaired) electrons. The van der Waals surface area contributed by atoms with E-state index in [-0.39, 0.29) is 17.6 Å². The predicted molar refractivity (Wildman–Crippen MR) is 227 cm³/mol. The van der Waals surface area contributed by atoms with Gasteiger partial charge in [0.15, 0.2) is 22.1 Å². The number of benzene rings is 4. The highest BCUT2D eigenvalue weighted by Gasteiger charge is 2.19. The molecule has 10 nitrogen and oxygen atoms in total. The number of anilines is 7. The van der Waals surface area contributed by atoms with E-state index in [9.17, 15) is 9.59 Å². The van der Waals surface area contributed by atoms with Crippen LogP contribution in [0.15, 0.2) is 147 Å². The van der Waals surface area contributed by atoms with E-state index >= 15 is 0 Å². The maximum Gasteiger partial charge on any atom is 0.291 e. The van der Waals surface area contributed by atoms with Crippen molar-refractivity contribution < 1.29 is 18.4 Å². The lowest BCUT2D eigenvalue weighted by atomic mass is 10.1. The Hall–Kier alpha value is -5.94. The van der Waals surface area contributed by atoms with Crippen molar-refractivity contribution in [3.8, 4) is 0 Å². The number of hydrogen-bond donors (Lipinski definition) is 4. The second kappa shape index (κ2) is 19.9. The van der Waals surface area contributed by atoms with Gasteiger partial charge in [0.25, 0.3) is 11.8 Å². The number of furan rings is 2. The largest absolute Gasteiger partial charge is 0.444 e. The van der Waals surface area contributed by atoms with Crippen LogP contribution < -0.4 is 31.5 Å². The fraction of sp³-hybridized carbons (Fsp3) is 0.227. The van der Waals surface area contributed by atoms with E-state index in [4.69, 9.17) is 14.6 Å². The standard InChI is InChI=1S/C22H23N3O2.C16H17BrN2O2.C6H7N/c26-22(20-13-14-21(27-20)23-17-9-3-1-4-10-17)24-18-11-5-6-12-19(18)25-15-7-2-8-16-25;17-15-9-8-14(21-15)16(20)18-12-6-2-3-7-13(12)19-10-4-1-5-11-19;7-6-4-2-1-3-5-6/h1,3-6,9-14,23H,2,7-8,15-16H2,(H,24,26);2-3,6-9H,1,4-5,10-11H2,(H,18,20);1-5H,7H2. The lowest BCUT2D eigenvalue weighted by Gasteiger charge is -2.30. The van der Waals surface area contributed by atoms with Crippen molar-refractivity contribution in [3.05, 3.63) is 150 Å². The highest BCUT2D eigenvalue weighted by molar-refractivity contribution is 9.10. The molecule has 2 amide bonds. The molecule has 2 aliphatic heterocycles. The van der Waals surface area contributed by atoms with Gasteiger partial charge in [-0.25, -0.2) is 0 Å². The van der Waals surface area contributed by atoms with E-state index in [2.05, 4.69) is 53.8 Å². The van der Waals surface area contributed by atoms with E-state index < -0.39 is 0 Å². The first-order valence-corrected chi connectivity index (χ1v) is 19.5. The van der Waals surface area contributed by atoms with Crippen LogP contribution in [-0.2, 0) is 0 Å². The fourth-order valence-electron chi connectivity index (χ4n) is 6.43. The van der Waals surface area contributed by atoms with Crippen molar-refractivity contribution >= 4 is 67.8 Å². The average Bonchev–Trinajstić information content (AvgIpc) is 3.89. The second-order valence-electron chi connectivity index (χ2n) is 13.2. The van der Waals surface area contributed by atoms with E-state index in [0.29, 0.717) is 16.3 Å². The Morgan fingerprint density at radius 1 is 0.527 bits per heavy atom. The molecule has 0 atom stereocenters. The highest BCUT2D eigenvalue weighted by atomic mass is 79.9. The van der Waals surface area contributed by atoms with Crippen molar-refractivity contribution in [1.82, 2.24) is 0 Å². The van der Waals surface area contributed by atoms with E-state index in [0.717, 1.165) is 60.3 Å². The number of rotatable bonds is 8. The smallest absolute Gasteiger partial charge is 0.291 e. The lowest BCUT2D eigenvalue weighted by molar-refractivity contribution is 0.0989. The molecule has 0 spiro atoms. The summed E-state index contributed by atoms with van der Waals surface area (Å²) in [6.45, 7) is 4.13. The molecule has 2 fully saturated rings. The molecule has 0 bridgehead atoms. The molecule has 8 rings (SSSR count). The molecule has 5 N–H and O–H groups in total. The van der Waals surface area contributed by atoms with Crippen LogP contribution in [0.1, 0.15) is 59.6 Å². The van der Waals surface area contributed by atoms with Crippen molar-refractivity contribution in [1.29, 1.82) is 0 Å². The molecule has 0 unspecified atom stereocenters. The lowest BCUT2D eigenvalue weighted by Crippen LogP contribution is -2.30. The van der Waals surface area contributed by atoms with Gasteiger partial charge in [-0.05, 0) is 121 Å². The van der Waals surface area contributed by atoms with Crippen molar-refractivity contribution in [3.63, 3.8) is 0 Å². The summed E-state index contributed by atoms with van der Waals surface area (Å²) < 4.78 is 11.5. The Morgan fingerprint density at radius 3 is 1.45 bits per heavy atom. The molecule has 0 aliphatic carbocycles. The molecule has 55 heavy (non-hydrogen) atoms. The monoisotopic (exact) mass is 802 g/mol. The number of nitrogens with zero attached hydrogens (tertiary/aromatic N) is 2. The van der Waals surface area contributed by atoms with Crippen LogP contribution in [0.3, 0.4) is 0 Å². The van der Waals surface area contributed by atoms with Crippen LogP contribution in [0.25, 0.3) is 0 Å². The molecule has 2 aromatic heterocycles. The number of nitrogen functional groups attached to an aromatic ring is 1. The van der Waals surface area contributed by atoms with Gasteiger partial charge < -0.3 is 40.3 Å². The quantitative estimate of drug-likeness (QED) is 0.112. The number of nitrogens with one attached hydrogen (secondary N) is 3. The molecular formula is C44H47BrN6O4. The topological polar surface area (TPSA) is 129 Å². The Kier molecular flexibility index (Phi) is 14.1. The zero-order valence-corrected chi connectivity index (χ0v) is 32.3. The van der Waals surface area contributed by atoms with Crippen LogP contribution in [0, 0.1) is 0 Å². The van der Waals surface area contributed by atoms with Crippen LogP contribution in [-0.4, -0.2) is 38.0 Å². The summed E-state index contributed by atoms with van der Waals surface area (Å²) in [4.78, 5) is 29.5. The molecule has 4 heterocycles. The summed E-state index contributed by atoms with van der Waals surface area (Å²) in [6, 6.07) is 41.9. The first kappa shape index (κ1) is 38.8. The summed E-state index contributed by atoms with van der Waals surface area (Å²) in [5.41, 5.74) is 10.9. The number of carbonyl (C=O) groups is 2. The normalized spacial score (nSPS) is 13.7. The number of amides is 2. The van der Waals surface area contributed by atoms with Gasteiger partial charge >= 0.3 is 0 Å². The van der Waals surface area contributed by atoms with Gasteiger partial charge in [0, 0.05) is 43.6 Å². The minimum absolute atomic E-state index is 0.231. The van der Waals surface area contributed by atoms with Gasteiger partial charge in [0.05, 0.1) is 22.7 Å². The number of halogens is 1. The molecule has 0 saturated carbocycles. The molecular weight excluding hydrogens is 756 g/mol. The first-order chi connectivity index (χ1) is 26.9. The van der Waals surface area contributed by atoms with E-state index in [1.807, 2.05) is 97.1 Å². The summed E-state index contributed by atoms with van der Waals surface area (Å²) in [5, 5.41) is 9.09. The van der Waals surface area contributed by atoms with Gasteiger partial charge in [0.2, 0.25) is 0 Å². The van der Waals surface area contributed by atoms with Crippen LogP contribution in [0.2, 0.25) is 0 Å². The third kappa shape index (κ3) is 11.5. The van der Waals surface area contributed by atoms with Crippen molar-refractivity contribution in [2.24, 2.45) is 0 Å². The fourth-order valence-corrected chi connectivity index (χ4v) is 6.73. The van der Waals surface area contributed by atoms with Crippen LogP contribution in [0.5, 0.6) is 0 Å². The predicted octanol–water partition coefficient (Wildman–Crippen LogP) is 10.8. The number of para-hydroxylation sites is 6. The van der Waals surface area contributed by atoms with E-state index in [1.165, 1.54) is 38.5 Å². The third-order valence-electron chi connectivity index (χ3n) is 9.17. The first-order valence-electron chi connectivity index (χ1n) is 18.7. The third-order valence-corrected chi connectivity index (χ3v) is 9.59. The van der Waals surface area contributed by atoms with Gasteiger partial charge in [0.1, 0.15) is 0 Å². The Labute approximate surface area is 330 Å². The van der Waals surface area contributed by atoms with Gasteiger partial charge in [-0.2, -0.15) is 0 Å².